The molecule has 2 N–H and O–H groups in total. The molecule has 0 unspecified atom stereocenters. The molecule has 1 amide bonds. The Morgan fingerprint density at radius 1 is 1.09 bits per heavy atom. The first-order valence-corrected chi connectivity index (χ1v) is 11.7. The van der Waals surface area contributed by atoms with Crippen LogP contribution in [0.15, 0.2) is 67.0 Å². The number of aromatic hydroxyl groups is 1. The maximum Gasteiger partial charge on any atom is 0.258 e. The highest BCUT2D eigenvalue weighted by Crippen LogP contribution is 2.33. The Morgan fingerprint density at radius 2 is 1.86 bits per heavy atom. The molecule has 0 aliphatic carbocycles. The van der Waals surface area contributed by atoms with Gasteiger partial charge in [-0.25, -0.2) is 9.97 Å². The molecular formula is C27H27N5O3. The molecule has 8 heteroatoms. The zero-order valence-corrected chi connectivity index (χ0v) is 19.5. The Bertz CT molecular complexity index is 1340. The van der Waals surface area contributed by atoms with Gasteiger partial charge >= 0.3 is 0 Å². The Kier molecular flexibility index (Phi) is 6.43. The summed E-state index contributed by atoms with van der Waals surface area (Å²) in [5, 5.41) is 14.4. The number of phenols is 1. The number of aryl methyl sites for hydroxylation is 1. The first-order chi connectivity index (χ1) is 17.1. The average molecular weight is 470 g/mol. The van der Waals surface area contributed by atoms with E-state index < -0.39 is 0 Å². The SMILES string of the molecule is Cc1ccc2c(N3CCC(NC(=O)COc4ccncc4)CC3)nc(-c3ccccc3O)nc2c1. The van der Waals surface area contributed by atoms with Crippen molar-refractivity contribution in [3.05, 3.63) is 72.6 Å². The van der Waals surface area contributed by atoms with Gasteiger partial charge in [-0.05, 0) is 61.7 Å². The Hall–Kier alpha value is -4.20. The number of anilines is 1. The van der Waals surface area contributed by atoms with Crippen molar-refractivity contribution in [1.82, 2.24) is 20.3 Å². The molecule has 2 aromatic carbocycles. The van der Waals surface area contributed by atoms with E-state index in [1.165, 1.54) is 0 Å². The molecule has 0 radical (unpaired) electrons. The van der Waals surface area contributed by atoms with Crippen molar-refractivity contribution in [2.45, 2.75) is 25.8 Å². The maximum atomic E-state index is 12.4. The van der Waals surface area contributed by atoms with E-state index in [-0.39, 0.29) is 24.3 Å². The molecule has 8 nitrogen and oxygen atoms in total. The minimum atomic E-state index is -0.134. The fraction of sp³-hybridized carbons (Fsp3) is 0.259. The number of piperidine rings is 1. The highest BCUT2D eigenvalue weighted by Gasteiger charge is 2.24. The minimum Gasteiger partial charge on any atom is -0.507 e. The van der Waals surface area contributed by atoms with Gasteiger partial charge < -0.3 is 20.1 Å². The van der Waals surface area contributed by atoms with Crippen molar-refractivity contribution in [1.29, 1.82) is 0 Å². The first kappa shape index (κ1) is 22.6. The lowest BCUT2D eigenvalue weighted by Crippen LogP contribution is -2.46. The molecule has 1 aliphatic heterocycles. The van der Waals surface area contributed by atoms with Crippen LogP contribution in [-0.4, -0.2) is 51.7 Å². The third-order valence-electron chi connectivity index (χ3n) is 6.16. The smallest absolute Gasteiger partial charge is 0.258 e. The van der Waals surface area contributed by atoms with Crippen LogP contribution in [0.5, 0.6) is 11.5 Å². The average Bonchev–Trinajstić information content (AvgIpc) is 2.88. The van der Waals surface area contributed by atoms with Crippen LogP contribution in [0.1, 0.15) is 18.4 Å². The number of nitrogens with one attached hydrogen (secondary N) is 1. The second-order valence-electron chi connectivity index (χ2n) is 8.71. The van der Waals surface area contributed by atoms with E-state index in [9.17, 15) is 9.90 Å². The van der Waals surface area contributed by atoms with Gasteiger partial charge in [-0.3, -0.25) is 9.78 Å². The van der Waals surface area contributed by atoms with Crippen LogP contribution in [0.3, 0.4) is 0 Å². The van der Waals surface area contributed by atoms with E-state index in [0.717, 1.165) is 48.2 Å². The molecular weight excluding hydrogens is 442 g/mol. The summed E-state index contributed by atoms with van der Waals surface area (Å²) in [6.07, 6.45) is 4.85. The van der Waals surface area contributed by atoms with E-state index in [1.54, 1.807) is 36.7 Å². The molecule has 0 saturated carbocycles. The monoisotopic (exact) mass is 469 g/mol. The number of carbonyl (C=O) groups is 1. The fourth-order valence-electron chi connectivity index (χ4n) is 4.34. The maximum absolute atomic E-state index is 12.4. The molecule has 5 rings (SSSR count). The molecule has 178 valence electrons. The van der Waals surface area contributed by atoms with E-state index in [4.69, 9.17) is 14.7 Å². The van der Waals surface area contributed by atoms with Crippen LogP contribution >= 0.6 is 0 Å². The number of nitrogens with zero attached hydrogens (tertiary/aromatic N) is 4. The summed E-state index contributed by atoms with van der Waals surface area (Å²) >= 11 is 0. The van der Waals surface area contributed by atoms with Gasteiger partial charge in [0.15, 0.2) is 12.4 Å². The van der Waals surface area contributed by atoms with Gasteiger partial charge in [-0.15, -0.1) is 0 Å². The van der Waals surface area contributed by atoms with Crippen LogP contribution < -0.4 is 15.0 Å². The van der Waals surface area contributed by atoms with Crippen LogP contribution in [-0.2, 0) is 4.79 Å². The molecule has 2 aromatic heterocycles. The molecule has 3 heterocycles. The summed E-state index contributed by atoms with van der Waals surface area (Å²) in [5.74, 6) is 1.99. The largest absolute Gasteiger partial charge is 0.507 e. The van der Waals surface area contributed by atoms with Crippen molar-refractivity contribution in [2.75, 3.05) is 24.6 Å². The number of carbonyl (C=O) groups excluding carboxylic acids is 1. The quantitative estimate of drug-likeness (QED) is 0.442. The molecule has 1 aliphatic rings. The third-order valence-corrected chi connectivity index (χ3v) is 6.16. The van der Waals surface area contributed by atoms with E-state index in [1.807, 2.05) is 25.1 Å². The molecule has 1 fully saturated rings. The summed E-state index contributed by atoms with van der Waals surface area (Å²) < 4.78 is 5.52. The van der Waals surface area contributed by atoms with Crippen molar-refractivity contribution in [3.8, 4) is 22.9 Å². The lowest BCUT2D eigenvalue weighted by molar-refractivity contribution is -0.123. The first-order valence-electron chi connectivity index (χ1n) is 11.7. The predicted molar refractivity (Wildman–Crippen MR) is 134 cm³/mol. The summed E-state index contributed by atoms with van der Waals surface area (Å²) in [6.45, 7) is 3.50. The number of para-hydroxylation sites is 1. The van der Waals surface area contributed by atoms with Gasteiger partial charge in [0.2, 0.25) is 0 Å². The number of phenolic OH excluding ortho intramolecular Hbond substituents is 1. The van der Waals surface area contributed by atoms with E-state index in [0.29, 0.717) is 17.1 Å². The summed E-state index contributed by atoms with van der Waals surface area (Å²) in [7, 11) is 0. The number of benzene rings is 2. The number of hydrogen-bond acceptors (Lipinski definition) is 7. The number of aromatic nitrogens is 3. The lowest BCUT2D eigenvalue weighted by atomic mass is 10.0. The second kappa shape index (κ2) is 9.97. The van der Waals surface area contributed by atoms with Crippen LogP contribution in [0.2, 0.25) is 0 Å². The van der Waals surface area contributed by atoms with Crippen LogP contribution in [0.25, 0.3) is 22.3 Å². The Morgan fingerprint density at radius 3 is 2.63 bits per heavy atom. The van der Waals surface area contributed by atoms with Gasteiger partial charge in [0.25, 0.3) is 5.91 Å². The molecule has 0 spiro atoms. The van der Waals surface area contributed by atoms with Gasteiger partial charge in [0.1, 0.15) is 17.3 Å². The molecule has 1 saturated heterocycles. The summed E-state index contributed by atoms with van der Waals surface area (Å²) in [5.41, 5.74) is 2.56. The van der Waals surface area contributed by atoms with Gasteiger partial charge in [-0.1, -0.05) is 18.2 Å². The van der Waals surface area contributed by atoms with Crippen molar-refractivity contribution in [2.24, 2.45) is 0 Å². The van der Waals surface area contributed by atoms with E-state index in [2.05, 4.69) is 27.3 Å². The van der Waals surface area contributed by atoms with E-state index >= 15 is 0 Å². The molecule has 4 aromatic rings. The zero-order chi connectivity index (χ0) is 24.2. The summed E-state index contributed by atoms with van der Waals surface area (Å²) in [4.78, 5) is 28.2. The predicted octanol–water partition coefficient (Wildman–Crippen LogP) is 3.87. The van der Waals surface area contributed by atoms with Crippen molar-refractivity contribution < 1.29 is 14.6 Å². The number of rotatable bonds is 6. The van der Waals surface area contributed by atoms with Gasteiger partial charge in [-0.2, -0.15) is 0 Å². The highest BCUT2D eigenvalue weighted by molar-refractivity contribution is 5.92. The van der Waals surface area contributed by atoms with Crippen molar-refractivity contribution >= 4 is 22.6 Å². The number of hydrogen-bond donors (Lipinski definition) is 2. The highest BCUT2D eigenvalue weighted by atomic mass is 16.5. The second-order valence-corrected chi connectivity index (χ2v) is 8.71. The molecule has 0 bridgehead atoms. The normalized spacial score (nSPS) is 14.1. The number of ether oxygens (including phenoxy) is 1. The summed E-state index contributed by atoms with van der Waals surface area (Å²) in [6, 6.07) is 16.8. The number of amides is 1. The number of pyridine rings is 1. The topological polar surface area (TPSA) is 100 Å². The van der Waals surface area contributed by atoms with Crippen LogP contribution in [0.4, 0.5) is 5.82 Å². The van der Waals surface area contributed by atoms with Gasteiger partial charge in [0, 0.05) is 36.9 Å². The Labute approximate surface area is 203 Å². The van der Waals surface area contributed by atoms with Crippen molar-refractivity contribution in [3.63, 3.8) is 0 Å². The molecule has 35 heavy (non-hydrogen) atoms. The van der Waals surface area contributed by atoms with Gasteiger partial charge in [0.05, 0.1) is 11.1 Å². The Balaban J connectivity index is 1.30. The lowest BCUT2D eigenvalue weighted by Gasteiger charge is -2.34. The number of fused-ring (bicyclic) bond motifs is 1. The zero-order valence-electron chi connectivity index (χ0n) is 19.5. The minimum absolute atomic E-state index is 0.0238. The third kappa shape index (κ3) is 5.16. The molecule has 0 atom stereocenters. The standard InChI is InChI=1S/C27H27N5O3/c1-18-6-7-21-23(16-18)30-26(22-4-2-3-5-24(22)33)31-27(21)32-14-10-19(11-15-32)29-25(34)17-35-20-8-12-28-13-9-20/h2-9,12-13,16,19,33H,10-11,14-15,17H2,1H3,(H,29,34). The van der Waals surface area contributed by atoms with Crippen LogP contribution in [0, 0.1) is 6.92 Å². The fourth-order valence-corrected chi connectivity index (χ4v) is 4.34.